The highest BCUT2D eigenvalue weighted by Crippen LogP contribution is 2.65. The van der Waals surface area contributed by atoms with E-state index in [1.165, 1.54) is 19.1 Å². The molecule has 2 aliphatic carbocycles. The maximum atomic E-state index is 13.0. The summed E-state index contributed by atoms with van der Waals surface area (Å²) in [7, 11) is 3.56. The van der Waals surface area contributed by atoms with Crippen LogP contribution in [0.1, 0.15) is 55.4 Å². The first-order valence-corrected chi connectivity index (χ1v) is 14.9. The topological polar surface area (TPSA) is 158 Å². The molecule has 6 rings (SSSR count). The molecule has 12 heteroatoms. The van der Waals surface area contributed by atoms with Crippen molar-refractivity contribution < 1.29 is 53.1 Å². The summed E-state index contributed by atoms with van der Waals surface area (Å²) in [6, 6.07) is 11.6. The predicted octanol–water partition coefficient (Wildman–Crippen LogP) is 2.60. The van der Waals surface area contributed by atoms with Crippen molar-refractivity contribution in [1.82, 2.24) is 4.90 Å². The number of carboxylic acid groups (broad SMARTS) is 1. The molecule has 2 aromatic carbocycles. The lowest BCUT2D eigenvalue weighted by Gasteiger charge is -2.61. The van der Waals surface area contributed by atoms with Gasteiger partial charge in [-0.2, -0.15) is 0 Å². The van der Waals surface area contributed by atoms with Gasteiger partial charge in [0.15, 0.2) is 23.7 Å². The van der Waals surface area contributed by atoms with E-state index in [-0.39, 0.29) is 30.2 Å². The summed E-state index contributed by atoms with van der Waals surface area (Å²) in [6.45, 7) is 1.97. The molecule has 0 amide bonds. The molecule has 1 fully saturated rings. The predicted molar refractivity (Wildman–Crippen MR) is 155 cm³/mol. The first kappa shape index (κ1) is 30.6. The quantitative estimate of drug-likeness (QED) is 0.296. The number of benzene rings is 2. The average Bonchev–Trinajstić information content (AvgIpc) is 3.38. The van der Waals surface area contributed by atoms with Crippen molar-refractivity contribution in [2.75, 3.05) is 20.7 Å². The van der Waals surface area contributed by atoms with E-state index in [9.17, 15) is 29.4 Å². The van der Waals surface area contributed by atoms with E-state index in [0.717, 1.165) is 17.7 Å². The van der Waals surface area contributed by atoms with Gasteiger partial charge < -0.3 is 38.8 Å². The minimum absolute atomic E-state index is 0.153. The Morgan fingerprint density at radius 3 is 2.51 bits per heavy atom. The lowest BCUT2D eigenvalue weighted by atomic mass is 9.50. The van der Waals surface area contributed by atoms with Gasteiger partial charge in [-0.25, -0.2) is 9.59 Å². The molecular weight excluding hydrogens is 586 g/mol. The molecule has 12 nitrogen and oxygen atoms in total. The van der Waals surface area contributed by atoms with Crippen molar-refractivity contribution in [3.63, 3.8) is 0 Å². The van der Waals surface area contributed by atoms with Crippen LogP contribution in [-0.4, -0.2) is 83.5 Å². The molecule has 0 radical (unpaired) electrons. The summed E-state index contributed by atoms with van der Waals surface area (Å²) in [5.74, 6) is -2.64. The van der Waals surface area contributed by atoms with Crippen LogP contribution < -0.4 is 9.47 Å². The largest absolute Gasteiger partial charge is 0.493 e. The second-order valence-electron chi connectivity index (χ2n) is 12.0. The van der Waals surface area contributed by atoms with Gasteiger partial charge in [-0.15, -0.1) is 0 Å². The molecule has 1 saturated heterocycles. The van der Waals surface area contributed by atoms with Crippen molar-refractivity contribution >= 4 is 23.9 Å². The Morgan fingerprint density at radius 2 is 1.80 bits per heavy atom. The molecule has 2 aliphatic heterocycles. The van der Waals surface area contributed by atoms with Gasteiger partial charge >= 0.3 is 23.9 Å². The fourth-order valence-corrected chi connectivity index (χ4v) is 7.38. The number of methoxy groups -OCH3 is 1. The van der Waals surface area contributed by atoms with E-state index >= 15 is 0 Å². The van der Waals surface area contributed by atoms with Crippen LogP contribution >= 0.6 is 0 Å². The van der Waals surface area contributed by atoms with Crippen molar-refractivity contribution in [2.24, 2.45) is 0 Å². The summed E-state index contributed by atoms with van der Waals surface area (Å²) < 4.78 is 28.0. The van der Waals surface area contributed by atoms with E-state index in [4.69, 9.17) is 23.7 Å². The number of carbonyl (C=O) groups excluding carboxylic acids is 3. The Hall–Kier alpha value is -4.42. The summed E-state index contributed by atoms with van der Waals surface area (Å²) in [5.41, 5.74) is 0.231. The lowest BCUT2D eigenvalue weighted by molar-refractivity contribution is -0.176. The Morgan fingerprint density at radius 1 is 1.07 bits per heavy atom. The maximum absolute atomic E-state index is 13.0. The van der Waals surface area contributed by atoms with Crippen LogP contribution in [0.3, 0.4) is 0 Å². The van der Waals surface area contributed by atoms with Gasteiger partial charge in [0.05, 0.1) is 31.0 Å². The van der Waals surface area contributed by atoms with Gasteiger partial charge in [-0.1, -0.05) is 36.4 Å². The number of carbonyl (C=O) groups is 4. The van der Waals surface area contributed by atoms with Crippen LogP contribution in [0.4, 0.5) is 0 Å². The van der Waals surface area contributed by atoms with E-state index in [0.29, 0.717) is 24.3 Å². The van der Waals surface area contributed by atoms with E-state index < -0.39 is 59.6 Å². The van der Waals surface area contributed by atoms with E-state index in [1.54, 1.807) is 31.4 Å². The van der Waals surface area contributed by atoms with Crippen LogP contribution in [0.5, 0.6) is 11.5 Å². The van der Waals surface area contributed by atoms with Crippen molar-refractivity contribution in [1.29, 1.82) is 0 Å². The zero-order chi connectivity index (χ0) is 32.1. The number of hydrogen-bond donors (Lipinski definition) is 2. The molecule has 2 N–H and O–H groups in total. The Bertz CT molecular complexity index is 1570. The Balaban J connectivity index is 1.10. The molecule has 2 heterocycles. The summed E-state index contributed by atoms with van der Waals surface area (Å²) >= 11 is 0. The third kappa shape index (κ3) is 4.92. The third-order valence-electron chi connectivity index (χ3n) is 9.52. The molecular formula is C33H35NO11. The number of aliphatic carboxylic acids is 1. The zero-order valence-corrected chi connectivity index (χ0v) is 25.2. The normalized spacial score (nSPS) is 27.2. The van der Waals surface area contributed by atoms with E-state index in [2.05, 4.69) is 4.90 Å². The maximum Gasteiger partial charge on any atom is 0.349 e. The molecule has 6 atom stereocenters. The van der Waals surface area contributed by atoms with Crippen molar-refractivity contribution in [2.45, 2.75) is 74.4 Å². The average molecular weight is 622 g/mol. The second kappa shape index (κ2) is 11.5. The van der Waals surface area contributed by atoms with Crippen LogP contribution in [0, 0.1) is 0 Å². The fourth-order valence-electron chi connectivity index (χ4n) is 7.38. The fraction of sp³-hybridized carbons (Fsp3) is 0.455. The number of nitrogens with zero attached hydrogens (tertiary/aromatic N) is 1. The van der Waals surface area contributed by atoms with Crippen LogP contribution in [-0.2, 0) is 45.2 Å². The van der Waals surface area contributed by atoms with Gasteiger partial charge in [0, 0.05) is 23.6 Å². The molecule has 2 aromatic rings. The molecule has 0 unspecified atom stereocenters. The number of carboxylic acids is 1. The molecule has 4 aliphatic rings. The van der Waals surface area contributed by atoms with Crippen molar-refractivity contribution in [3.05, 3.63) is 71.0 Å². The highest BCUT2D eigenvalue weighted by atomic mass is 16.6. The van der Waals surface area contributed by atoms with Gasteiger partial charge in [0.1, 0.15) is 5.76 Å². The van der Waals surface area contributed by atoms with Crippen LogP contribution in [0.15, 0.2) is 54.3 Å². The summed E-state index contributed by atoms with van der Waals surface area (Å²) in [5, 5.41) is 21.8. The number of esters is 3. The molecule has 238 valence electrons. The number of rotatable bonds is 10. The highest BCUT2D eigenvalue weighted by Gasteiger charge is 2.72. The standard InChI is InChI=1S/C33H35NO11/c1-18(31(39)45-27(30(37)38)19-7-5-4-6-8-19)42-24(35)11-12-25(36)43-22-13-14-33(40)23-17-20-9-10-21(41-3)28-26(20)32(33,29(22)44-28)15-16-34(23)2/h4-10,13,18,23,27,29,40H,11-12,14-17H2,1-3H3,(H,37,38)/t18-,23-,27-,29-,32-,33+/m0/s1. The van der Waals surface area contributed by atoms with Gasteiger partial charge in [-0.3, -0.25) is 9.59 Å². The minimum atomic E-state index is -1.57. The highest BCUT2D eigenvalue weighted by molar-refractivity contribution is 5.84. The molecule has 45 heavy (non-hydrogen) atoms. The second-order valence-corrected chi connectivity index (χ2v) is 12.0. The number of piperidine rings is 1. The number of likely N-dealkylation sites (N-methyl/N-ethyl adjacent to an activating group) is 1. The van der Waals surface area contributed by atoms with Crippen LogP contribution in [0.2, 0.25) is 0 Å². The minimum Gasteiger partial charge on any atom is -0.493 e. The van der Waals surface area contributed by atoms with Gasteiger partial charge in [0.25, 0.3) is 0 Å². The summed E-state index contributed by atoms with van der Waals surface area (Å²) in [6.07, 6.45) is -1.31. The Kier molecular flexibility index (Phi) is 7.82. The zero-order valence-electron chi connectivity index (χ0n) is 25.2. The lowest BCUT2D eigenvalue weighted by Crippen LogP contribution is -2.74. The number of hydrogen-bond acceptors (Lipinski definition) is 11. The number of likely N-dealkylation sites (tertiary alicyclic amines) is 1. The first-order valence-electron chi connectivity index (χ1n) is 14.9. The van der Waals surface area contributed by atoms with Crippen LogP contribution in [0.25, 0.3) is 0 Å². The molecule has 1 spiro atoms. The third-order valence-corrected chi connectivity index (χ3v) is 9.52. The molecule has 2 bridgehead atoms. The Labute approximate surface area is 259 Å². The van der Waals surface area contributed by atoms with Gasteiger partial charge in [0.2, 0.25) is 6.10 Å². The van der Waals surface area contributed by atoms with Gasteiger partial charge in [-0.05, 0) is 51.1 Å². The SMILES string of the molecule is COc1ccc2c3c1O[C@H]1C(OC(=O)CCC(=O)O[C@@H](C)C(=O)O[C@H](C(=O)O)c4ccccc4)=CC[C@@]4(O)[C@H](C2)N(C)CC[C@]314. The van der Waals surface area contributed by atoms with E-state index in [1.807, 2.05) is 19.2 Å². The molecule has 0 saturated carbocycles. The smallest absolute Gasteiger partial charge is 0.349 e. The monoisotopic (exact) mass is 621 g/mol. The number of ether oxygens (including phenoxy) is 5. The van der Waals surface area contributed by atoms with Crippen molar-refractivity contribution in [3.8, 4) is 11.5 Å². The number of aliphatic hydroxyl groups is 1. The first-order chi connectivity index (χ1) is 21.5. The molecule has 0 aromatic heterocycles. The summed E-state index contributed by atoms with van der Waals surface area (Å²) in [4.78, 5) is 51.8.